The molecule has 0 aliphatic heterocycles. The van der Waals surface area contributed by atoms with Crippen molar-refractivity contribution >= 4 is 21.6 Å². The van der Waals surface area contributed by atoms with E-state index in [1.807, 2.05) is 6.92 Å². The van der Waals surface area contributed by atoms with Crippen molar-refractivity contribution in [1.82, 2.24) is 4.72 Å². The molecule has 0 aromatic heterocycles. The second-order valence-corrected chi connectivity index (χ2v) is 6.86. The number of sulfonamides is 1. The van der Waals surface area contributed by atoms with Crippen molar-refractivity contribution in [2.75, 3.05) is 11.9 Å². The first-order chi connectivity index (χ1) is 9.16. The summed E-state index contributed by atoms with van der Waals surface area (Å²) in [5, 5.41) is 2.62. The normalized spacial score (nSPS) is 12.2. The summed E-state index contributed by atoms with van der Waals surface area (Å²) in [5.74, 6) is -0.336. The summed E-state index contributed by atoms with van der Waals surface area (Å²) in [6.45, 7) is 5.46. The maximum Gasteiger partial charge on any atom is 0.243 e. The molecule has 0 saturated heterocycles. The highest BCUT2D eigenvalue weighted by molar-refractivity contribution is 7.89. The van der Waals surface area contributed by atoms with Gasteiger partial charge in [0.05, 0.1) is 10.4 Å². The molecule has 0 bridgehead atoms. The minimum absolute atomic E-state index is 0.163. The van der Waals surface area contributed by atoms with Crippen LogP contribution in [0.3, 0.4) is 0 Å². The average Bonchev–Trinajstić information content (AvgIpc) is 2.36. The molecular weight excluding hydrogens is 278 g/mol. The van der Waals surface area contributed by atoms with Crippen molar-refractivity contribution in [3.63, 3.8) is 0 Å². The fourth-order valence-electron chi connectivity index (χ4n) is 1.33. The molecule has 0 radical (unpaired) electrons. The number of rotatable bonds is 6. The van der Waals surface area contributed by atoms with Crippen LogP contribution in [0, 0.1) is 0 Å². The van der Waals surface area contributed by atoms with Crippen molar-refractivity contribution in [3.05, 3.63) is 24.3 Å². The highest BCUT2D eigenvalue weighted by Crippen LogP contribution is 2.15. The Labute approximate surface area is 119 Å². The topological polar surface area (TPSA) is 101 Å². The van der Waals surface area contributed by atoms with Gasteiger partial charge in [-0.05, 0) is 44.5 Å². The van der Waals surface area contributed by atoms with Gasteiger partial charge in [0.15, 0.2) is 0 Å². The van der Waals surface area contributed by atoms with Crippen LogP contribution >= 0.6 is 0 Å². The minimum Gasteiger partial charge on any atom is -0.325 e. The molecule has 0 aliphatic rings. The molecule has 1 rings (SSSR count). The molecule has 0 saturated carbocycles. The first-order valence-corrected chi connectivity index (χ1v) is 7.85. The van der Waals surface area contributed by atoms with E-state index in [1.54, 1.807) is 13.8 Å². The van der Waals surface area contributed by atoms with Crippen LogP contribution < -0.4 is 15.8 Å². The van der Waals surface area contributed by atoms with E-state index in [0.29, 0.717) is 12.2 Å². The van der Waals surface area contributed by atoms with E-state index in [-0.39, 0.29) is 10.8 Å². The Kier molecular flexibility index (Phi) is 5.27. The van der Waals surface area contributed by atoms with Gasteiger partial charge in [0.2, 0.25) is 15.9 Å². The molecule has 0 atom stereocenters. The number of carbonyl (C=O) groups excluding carboxylic acids is 1. The number of anilines is 1. The number of nitrogens with two attached hydrogens (primary N) is 1. The lowest BCUT2D eigenvalue weighted by atomic mass is 10.1. The number of nitrogens with one attached hydrogen (secondary N) is 2. The smallest absolute Gasteiger partial charge is 0.243 e. The van der Waals surface area contributed by atoms with E-state index in [9.17, 15) is 13.2 Å². The molecule has 112 valence electrons. The zero-order valence-corrected chi connectivity index (χ0v) is 12.8. The number of carbonyl (C=O) groups is 1. The van der Waals surface area contributed by atoms with Gasteiger partial charge >= 0.3 is 0 Å². The van der Waals surface area contributed by atoms with Gasteiger partial charge < -0.3 is 11.1 Å². The molecule has 0 heterocycles. The zero-order valence-electron chi connectivity index (χ0n) is 11.9. The molecule has 0 fully saturated rings. The predicted molar refractivity (Wildman–Crippen MR) is 78.8 cm³/mol. The van der Waals surface area contributed by atoms with Gasteiger partial charge in [-0.15, -0.1) is 0 Å². The quantitative estimate of drug-likeness (QED) is 0.730. The number of hydrogen-bond donors (Lipinski definition) is 3. The van der Waals surface area contributed by atoms with Crippen LogP contribution in [-0.4, -0.2) is 26.4 Å². The first-order valence-electron chi connectivity index (χ1n) is 6.37. The molecule has 0 aliphatic carbocycles. The van der Waals surface area contributed by atoms with E-state index in [4.69, 9.17) is 5.73 Å². The van der Waals surface area contributed by atoms with Crippen LogP contribution in [0.15, 0.2) is 29.2 Å². The third-order valence-electron chi connectivity index (χ3n) is 2.55. The summed E-state index contributed by atoms with van der Waals surface area (Å²) in [4.78, 5) is 11.9. The number of hydrogen-bond acceptors (Lipinski definition) is 4. The molecule has 7 heteroatoms. The largest absolute Gasteiger partial charge is 0.325 e. The van der Waals surface area contributed by atoms with Crippen molar-refractivity contribution in [2.24, 2.45) is 5.73 Å². The minimum atomic E-state index is -3.48. The zero-order chi connectivity index (χ0) is 15.4. The summed E-state index contributed by atoms with van der Waals surface area (Å²) in [6, 6.07) is 5.95. The van der Waals surface area contributed by atoms with E-state index < -0.39 is 15.6 Å². The Morgan fingerprint density at radius 2 is 1.80 bits per heavy atom. The molecule has 1 amide bonds. The van der Waals surface area contributed by atoms with Crippen molar-refractivity contribution in [3.8, 4) is 0 Å². The lowest BCUT2D eigenvalue weighted by molar-refractivity contribution is -0.120. The van der Waals surface area contributed by atoms with Gasteiger partial charge in [0, 0.05) is 12.2 Å². The van der Waals surface area contributed by atoms with Gasteiger partial charge in [0.25, 0.3) is 0 Å². The van der Waals surface area contributed by atoms with Crippen LogP contribution in [0.5, 0.6) is 0 Å². The van der Waals surface area contributed by atoms with E-state index in [0.717, 1.165) is 6.42 Å². The molecule has 20 heavy (non-hydrogen) atoms. The Bertz CT molecular complexity index is 560. The van der Waals surface area contributed by atoms with E-state index >= 15 is 0 Å². The number of amides is 1. The van der Waals surface area contributed by atoms with Crippen molar-refractivity contribution < 1.29 is 13.2 Å². The maximum absolute atomic E-state index is 11.9. The summed E-state index contributed by atoms with van der Waals surface area (Å²) in [6.07, 6.45) is 0.721. The van der Waals surface area contributed by atoms with E-state index in [2.05, 4.69) is 10.0 Å². The van der Waals surface area contributed by atoms with Gasteiger partial charge in [-0.2, -0.15) is 0 Å². The highest BCUT2D eigenvalue weighted by atomic mass is 32.2. The Morgan fingerprint density at radius 3 is 2.25 bits per heavy atom. The van der Waals surface area contributed by atoms with Crippen LogP contribution in [0.1, 0.15) is 27.2 Å². The van der Waals surface area contributed by atoms with Crippen LogP contribution in [0.25, 0.3) is 0 Å². The molecule has 6 nitrogen and oxygen atoms in total. The third kappa shape index (κ3) is 4.59. The molecule has 1 aromatic rings. The molecule has 1 aromatic carbocycles. The maximum atomic E-state index is 11.9. The standard InChI is InChI=1S/C13H21N3O3S/c1-4-9-15-20(18,19)11-7-5-10(6-8-11)16-12(17)13(2,3)14/h5-8,15H,4,9,14H2,1-3H3,(H,16,17). The molecule has 4 N–H and O–H groups in total. The molecule has 0 unspecified atom stereocenters. The molecule has 0 spiro atoms. The van der Waals surface area contributed by atoms with Gasteiger partial charge in [-0.1, -0.05) is 6.92 Å². The third-order valence-corrected chi connectivity index (χ3v) is 4.03. The van der Waals surface area contributed by atoms with Crippen LogP contribution in [0.4, 0.5) is 5.69 Å². The van der Waals surface area contributed by atoms with Crippen LogP contribution in [-0.2, 0) is 14.8 Å². The SMILES string of the molecule is CCCNS(=O)(=O)c1ccc(NC(=O)C(C)(C)N)cc1. The van der Waals surface area contributed by atoms with Crippen molar-refractivity contribution in [1.29, 1.82) is 0 Å². The predicted octanol–water partition coefficient (Wildman–Crippen LogP) is 1.05. The van der Waals surface area contributed by atoms with E-state index in [1.165, 1.54) is 24.3 Å². The molecular formula is C13H21N3O3S. The summed E-state index contributed by atoms with van der Waals surface area (Å²) in [7, 11) is -3.48. The fraction of sp³-hybridized carbons (Fsp3) is 0.462. The lowest BCUT2D eigenvalue weighted by Gasteiger charge is -2.17. The summed E-state index contributed by atoms with van der Waals surface area (Å²) < 4.78 is 26.2. The van der Waals surface area contributed by atoms with Crippen molar-refractivity contribution in [2.45, 2.75) is 37.6 Å². The first kappa shape index (κ1) is 16.6. The fourth-order valence-corrected chi connectivity index (χ4v) is 2.46. The van der Waals surface area contributed by atoms with Gasteiger partial charge in [-0.3, -0.25) is 4.79 Å². The monoisotopic (exact) mass is 299 g/mol. The highest BCUT2D eigenvalue weighted by Gasteiger charge is 2.22. The van der Waals surface area contributed by atoms with Crippen LogP contribution in [0.2, 0.25) is 0 Å². The Hall–Kier alpha value is -1.44. The average molecular weight is 299 g/mol. The second-order valence-electron chi connectivity index (χ2n) is 5.10. The second kappa shape index (κ2) is 6.34. The van der Waals surface area contributed by atoms with Gasteiger partial charge in [-0.25, -0.2) is 13.1 Å². The lowest BCUT2D eigenvalue weighted by Crippen LogP contribution is -2.45. The summed E-state index contributed by atoms with van der Waals surface area (Å²) in [5.41, 5.74) is 5.17. The summed E-state index contributed by atoms with van der Waals surface area (Å²) >= 11 is 0. The Balaban J connectivity index is 2.82. The van der Waals surface area contributed by atoms with Gasteiger partial charge in [0.1, 0.15) is 0 Å². The number of benzene rings is 1. The Morgan fingerprint density at radius 1 is 1.25 bits per heavy atom.